The molecule has 0 saturated carbocycles. The number of sulfonamides is 1. The third-order valence-electron chi connectivity index (χ3n) is 5.42. The molecule has 162 valence electrons. The van der Waals surface area contributed by atoms with Crippen molar-refractivity contribution in [1.82, 2.24) is 15.6 Å². The minimum absolute atomic E-state index is 0.0658. The zero-order valence-electron chi connectivity index (χ0n) is 16.8. The third kappa shape index (κ3) is 5.18. The Morgan fingerprint density at radius 2 is 2.03 bits per heavy atom. The van der Waals surface area contributed by atoms with Crippen molar-refractivity contribution in [3.05, 3.63) is 58.4 Å². The lowest BCUT2D eigenvalue weighted by atomic mass is 9.97. The van der Waals surface area contributed by atoms with Gasteiger partial charge in [-0.3, -0.25) is 10.2 Å². The molecule has 1 fully saturated rings. The van der Waals surface area contributed by atoms with Crippen LogP contribution in [0.3, 0.4) is 0 Å². The molecule has 1 aliphatic rings. The lowest BCUT2D eigenvalue weighted by Crippen LogP contribution is -2.49. The minimum atomic E-state index is -3.83. The van der Waals surface area contributed by atoms with Crippen molar-refractivity contribution >= 4 is 27.5 Å². The van der Waals surface area contributed by atoms with Crippen LogP contribution < -0.4 is 15.6 Å². The predicted octanol–water partition coefficient (Wildman–Crippen LogP) is 3.41. The van der Waals surface area contributed by atoms with Crippen LogP contribution in [0.1, 0.15) is 35.7 Å². The van der Waals surface area contributed by atoms with Gasteiger partial charge in [0.2, 0.25) is 10.0 Å². The molecule has 0 bridgehead atoms. The van der Waals surface area contributed by atoms with Crippen LogP contribution >= 0.6 is 11.6 Å². The molecule has 2 unspecified atom stereocenters. The van der Waals surface area contributed by atoms with Crippen LogP contribution in [0.4, 0.5) is 4.39 Å². The Bertz CT molecular complexity index is 1040. The standard InChI is InChI=1S/C21H25ClFN3O3S/c1-13-5-3-6-15(9-13)17-10-18(20(23)19(22)11-17)21(27)25-26-30(28,29)14(2)16-7-4-8-24-12-16/h3,5-6,9-11,14,16,24,26H,4,7-8,12H2,1-2H3,(H,25,27). The first-order valence-electron chi connectivity index (χ1n) is 9.77. The zero-order valence-corrected chi connectivity index (χ0v) is 18.4. The maximum Gasteiger partial charge on any atom is 0.269 e. The Morgan fingerprint density at radius 3 is 2.70 bits per heavy atom. The van der Waals surface area contributed by atoms with E-state index in [0.717, 1.165) is 30.5 Å². The lowest BCUT2D eigenvalue weighted by molar-refractivity contribution is 0.0941. The Balaban J connectivity index is 1.78. The minimum Gasteiger partial charge on any atom is -0.316 e. The second-order valence-electron chi connectivity index (χ2n) is 7.60. The second-order valence-corrected chi connectivity index (χ2v) is 10.0. The van der Waals surface area contributed by atoms with Gasteiger partial charge in [-0.25, -0.2) is 12.8 Å². The molecule has 2 aromatic rings. The van der Waals surface area contributed by atoms with Crippen LogP contribution in [-0.2, 0) is 10.0 Å². The van der Waals surface area contributed by atoms with Crippen LogP contribution in [0.25, 0.3) is 11.1 Å². The molecule has 1 saturated heterocycles. The van der Waals surface area contributed by atoms with Gasteiger partial charge in [0.25, 0.3) is 5.91 Å². The van der Waals surface area contributed by atoms with E-state index in [9.17, 15) is 17.6 Å². The molecule has 6 nitrogen and oxygen atoms in total. The second kappa shape index (κ2) is 9.43. The molecule has 0 spiro atoms. The van der Waals surface area contributed by atoms with Crippen LogP contribution in [0.5, 0.6) is 0 Å². The first-order chi connectivity index (χ1) is 14.2. The number of hydrogen-bond acceptors (Lipinski definition) is 4. The molecule has 9 heteroatoms. The summed E-state index contributed by atoms with van der Waals surface area (Å²) in [6, 6.07) is 10.3. The summed E-state index contributed by atoms with van der Waals surface area (Å²) >= 11 is 5.99. The van der Waals surface area contributed by atoms with Crippen LogP contribution in [-0.4, -0.2) is 32.7 Å². The van der Waals surface area contributed by atoms with Gasteiger partial charge < -0.3 is 5.32 Å². The predicted molar refractivity (Wildman–Crippen MR) is 116 cm³/mol. The number of carbonyl (C=O) groups is 1. The number of halogens is 2. The summed E-state index contributed by atoms with van der Waals surface area (Å²) in [6.07, 6.45) is 1.68. The highest BCUT2D eigenvalue weighted by atomic mass is 35.5. The summed E-state index contributed by atoms with van der Waals surface area (Å²) in [5.41, 5.74) is 4.10. The van der Waals surface area contributed by atoms with Crippen molar-refractivity contribution in [3.8, 4) is 11.1 Å². The Hall–Kier alpha value is -2.00. The van der Waals surface area contributed by atoms with E-state index < -0.39 is 27.0 Å². The number of benzene rings is 2. The van der Waals surface area contributed by atoms with Gasteiger partial charge in [-0.15, -0.1) is 4.83 Å². The third-order valence-corrected chi connectivity index (χ3v) is 7.44. The van der Waals surface area contributed by atoms with Gasteiger partial charge >= 0.3 is 0 Å². The smallest absolute Gasteiger partial charge is 0.269 e. The Morgan fingerprint density at radius 1 is 1.27 bits per heavy atom. The van der Waals surface area contributed by atoms with Crippen molar-refractivity contribution < 1.29 is 17.6 Å². The van der Waals surface area contributed by atoms with Gasteiger partial charge in [-0.2, -0.15) is 0 Å². The van der Waals surface area contributed by atoms with Gasteiger partial charge in [-0.1, -0.05) is 41.4 Å². The quantitative estimate of drug-likeness (QED) is 0.585. The number of nitrogens with one attached hydrogen (secondary N) is 3. The van der Waals surface area contributed by atoms with E-state index in [2.05, 4.69) is 15.6 Å². The monoisotopic (exact) mass is 453 g/mol. The van der Waals surface area contributed by atoms with Crippen molar-refractivity contribution in [2.75, 3.05) is 13.1 Å². The topological polar surface area (TPSA) is 87.3 Å². The highest BCUT2D eigenvalue weighted by molar-refractivity contribution is 7.90. The normalized spacial score (nSPS) is 18.1. The number of hydrogen-bond donors (Lipinski definition) is 3. The molecular weight excluding hydrogens is 429 g/mol. The van der Waals surface area contributed by atoms with Crippen molar-refractivity contribution in [3.63, 3.8) is 0 Å². The maximum atomic E-state index is 14.5. The van der Waals surface area contributed by atoms with E-state index in [1.165, 1.54) is 12.1 Å². The van der Waals surface area contributed by atoms with E-state index in [4.69, 9.17) is 11.6 Å². The van der Waals surface area contributed by atoms with Crippen molar-refractivity contribution in [2.45, 2.75) is 31.9 Å². The molecular formula is C21H25ClFN3O3S. The summed E-state index contributed by atoms with van der Waals surface area (Å²) in [5, 5.41) is 2.24. The lowest BCUT2D eigenvalue weighted by Gasteiger charge is -2.28. The number of hydrazine groups is 1. The zero-order chi connectivity index (χ0) is 21.9. The molecule has 2 atom stereocenters. The van der Waals surface area contributed by atoms with E-state index in [-0.39, 0.29) is 16.5 Å². The summed E-state index contributed by atoms with van der Waals surface area (Å²) in [5.74, 6) is -1.89. The number of carbonyl (C=O) groups excluding carboxylic acids is 1. The van der Waals surface area contributed by atoms with E-state index in [1.54, 1.807) is 6.92 Å². The molecule has 1 heterocycles. The number of piperidine rings is 1. The molecule has 30 heavy (non-hydrogen) atoms. The first kappa shape index (κ1) is 22.7. The summed E-state index contributed by atoms with van der Waals surface area (Å²) in [7, 11) is -3.83. The number of aryl methyl sites for hydroxylation is 1. The van der Waals surface area contributed by atoms with Crippen LogP contribution in [0.15, 0.2) is 36.4 Å². The fourth-order valence-electron chi connectivity index (χ4n) is 3.56. The molecule has 1 aliphatic heterocycles. The largest absolute Gasteiger partial charge is 0.316 e. The van der Waals surface area contributed by atoms with E-state index in [0.29, 0.717) is 12.1 Å². The molecule has 3 rings (SSSR count). The van der Waals surface area contributed by atoms with Crippen LogP contribution in [0.2, 0.25) is 5.02 Å². The number of rotatable bonds is 6. The average Bonchev–Trinajstić information content (AvgIpc) is 2.74. The number of amides is 1. The van der Waals surface area contributed by atoms with E-state index in [1.807, 2.05) is 31.2 Å². The SMILES string of the molecule is Cc1cccc(-c2cc(Cl)c(F)c(C(=O)NNS(=O)(=O)C(C)C3CCCNC3)c2)c1. The fraction of sp³-hybridized carbons (Fsp3) is 0.381. The highest BCUT2D eigenvalue weighted by Crippen LogP contribution is 2.28. The highest BCUT2D eigenvalue weighted by Gasteiger charge is 2.31. The Kier molecular flexibility index (Phi) is 7.13. The van der Waals surface area contributed by atoms with Gasteiger partial charge in [-0.05, 0) is 69.0 Å². The molecule has 0 aliphatic carbocycles. The molecule has 3 N–H and O–H groups in total. The molecule has 1 amide bonds. The average molecular weight is 454 g/mol. The van der Waals surface area contributed by atoms with Crippen LogP contribution in [0, 0.1) is 18.7 Å². The fourth-order valence-corrected chi connectivity index (χ4v) is 4.94. The van der Waals surface area contributed by atoms with Gasteiger partial charge in [0, 0.05) is 0 Å². The molecule has 0 radical (unpaired) electrons. The summed E-state index contributed by atoms with van der Waals surface area (Å²) < 4.78 is 39.7. The first-order valence-corrected chi connectivity index (χ1v) is 11.7. The van der Waals surface area contributed by atoms with Crippen molar-refractivity contribution in [1.29, 1.82) is 0 Å². The van der Waals surface area contributed by atoms with Gasteiger partial charge in [0.15, 0.2) is 5.82 Å². The Labute approximate surface area is 181 Å². The molecule has 2 aromatic carbocycles. The maximum absolute atomic E-state index is 14.5. The van der Waals surface area contributed by atoms with Gasteiger partial charge in [0.05, 0.1) is 15.8 Å². The summed E-state index contributed by atoms with van der Waals surface area (Å²) in [4.78, 5) is 14.7. The van der Waals surface area contributed by atoms with Crippen molar-refractivity contribution in [2.24, 2.45) is 5.92 Å². The molecule has 0 aromatic heterocycles. The van der Waals surface area contributed by atoms with E-state index >= 15 is 0 Å². The summed E-state index contributed by atoms with van der Waals surface area (Å²) in [6.45, 7) is 4.98. The van der Waals surface area contributed by atoms with Gasteiger partial charge in [0.1, 0.15) is 0 Å².